The molecule has 0 aromatic heterocycles. The smallest absolute Gasteiger partial charge is 0.326 e. The van der Waals surface area contributed by atoms with E-state index in [9.17, 15) is 9.59 Å². The minimum absolute atomic E-state index is 0.0494. The van der Waals surface area contributed by atoms with Crippen molar-refractivity contribution in [3.63, 3.8) is 0 Å². The molecule has 1 atom stereocenters. The van der Waals surface area contributed by atoms with E-state index in [1.165, 1.54) is 0 Å². The summed E-state index contributed by atoms with van der Waals surface area (Å²) in [5.41, 5.74) is 0.0988. The van der Waals surface area contributed by atoms with Crippen LogP contribution in [0.3, 0.4) is 0 Å². The fraction of sp³-hybridized carbons (Fsp3) is 0.846. The van der Waals surface area contributed by atoms with Gasteiger partial charge in [-0.05, 0) is 17.3 Å². The summed E-state index contributed by atoms with van der Waals surface area (Å²) in [5, 5.41) is 14.3. The molecule has 0 radical (unpaired) electrons. The summed E-state index contributed by atoms with van der Waals surface area (Å²) >= 11 is 0. The Bertz CT molecular complexity index is 336. The first-order valence-corrected chi connectivity index (χ1v) is 6.44. The van der Waals surface area contributed by atoms with E-state index in [2.05, 4.69) is 38.3 Å². The van der Waals surface area contributed by atoms with Gasteiger partial charge in [0.25, 0.3) is 0 Å². The molecule has 5 heteroatoms. The Kier molecular flexibility index (Phi) is 3.93. The molecular formula is C13H24N2O3. The van der Waals surface area contributed by atoms with E-state index in [1.807, 2.05) is 6.92 Å². The zero-order valence-electron chi connectivity index (χ0n) is 11.8. The molecular weight excluding hydrogens is 232 g/mol. The van der Waals surface area contributed by atoms with Gasteiger partial charge in [-0.15, -0.1) is 0 Å². The number of carbonyl (C=O) groups excluding carboxylic acids is 1. The summed E-state index contributed by atoms with van der Waals surface area (Å²) in [6.07, 6.45) is 1.16. The highest BCUT2D eigenvalue weighted by atomic mass is 16.4. The first-order valence-electron chi connectivity index (χ1n) is 6.44. The number of urea groups is 1. The fourth-order valence-corrected chi connectivity index (χ4v) is 2.43. The molecule has 0 saturated heterocycles. The number of carboxylic acid groups (broad SMARTS) is 1. The van der Waals surface area contributed by atoms with Crippen LogP contribution in [0, 0.1) is 10.8 Å². The average Bonchev–Trinajstić information content (AvgIpc) is 2.60. The van der Waals surface area contributed by atoms with E-state index in [4.69, 9.17) is 5.11 Å². The maximum absolute atomic E-state index is 11.8. The SMILES string of the molecule is CCC[C@@H](NC(=O)NC1C(C)(C)C1(C)C)C(=O)O. The molecule has 1 rings (SSSR count). The summed E-state index contributed by atoms with van der Waals surface area (Å²) in [6, 6.07) is -1.11. The van der Waals surface area contributed by atoms with Crippen LogP contribution in [0.1, 0.15) is 47.5 Å². The Morgan fingerprint density at radius 1 is 1.22 bits per heavy atom. The van der Waals surface area contributed by atoms with Crippen molar-refractivity contribution < 1.29 is 14.7 Å². The predicted octanol–water partition coefficient (Wildman–Crippen LogP) is 1.97. The van der Waals surface area contributed by atoms with Gasteiger partial charge in [0.05, 0.1) is 0 Å². The standard InChI is InChI=1S/C13H24N2O3/c1-6-7-8(9(16)17)14-11(18)15-10-12(2,3)13(10,4)5/h8,10H,6-7H2,1-5H3,(H,16,17)(H2,14,15,18)/t8-/m1/s1. The summed E-state index contributed by atoms with van der Waals surface area (Å²) in [4.78, 5) is 22.7. The van der Waals surface area contributed by atoms with Crippen LogP contribution >= 0.6 is 0 Å². The van der Waals surface area contributed by atoms with Crippen LogP contribution in [0.4, 0.5) is 4.79 Å². The lowest BCUT2D eigenvalue weighted by atomic mass is 10.0. The molecule has 0 aromatic rings. The number of hydrogen-bond acceptors (Lipinski definition) is 2. The Balaban J connectivity index is 2.50. The van der Waals surface area contributed by atoms with Crippen molar-refractivity contribution in [1.29, 1.82) is 0 Å². The number of amides is 2. The molecule has 0 heterocycles. The van der Waals surface area contributed by atoms with Crippen molar-refractivity contribution in [2.24, 2.45) is 10.8 Å². The molecule has 18 heavy (non-hydrogen) atoms. The zero-order valence-corrected chi connectivity index (χ0v) is 11.8. The van der Waals surface area contributed by atoms with Crippen LogP contribution in [0.2, 0.25) is 0 Å². The second-order valence-electron chi connectivity index (χ2n) is 6.17. The average molecular weight is 256 g/mol. The lowest BCUT2D eigenvalue weighted by molar-refractivity contribution is -0.139. The highest BCUT2D eigenvalue weighted by Crippen LogP contribution is 2.62. The molecule has 0 spiro atoms. The topological polar surface area (TPSA) is 78.4 Å². The van der Waals surface area contributed by atoms with Crippen LogP contribution in [-0.4, -0.2) is 29.2 Å². The Morgan fingerprint density at radius 3 is 2.06 bits per heavy atom. The largest absolute Gasteiger partial charge is 0.480 e. The first kappa shape index (κ1) is 14.8. The van der Waals surface area contributed by atoms with E-state index in [0.717, 1.165) is 6.42 Å². The van der Waals surface area contributed by atoms with Gasteiger partial charge in [0, 0.05) is 6.04 Å². The number of nitrogens with one attached hydrogen (secondary N) is 2. The zero-order chi connectivity index (χ0) is 14.1. The molecule has 0 bridgehead atoms. The monoisotopic (exact) mass is 256 g/mol. The van der Waals surface area contributed by atoms with Gasteiger partial charge in [-0.25, -0.2) is 9.59 Å². The van der Waals surface area contributed by atoms with E-state index < -0.39 is 12.0 Å². The number of rotatable bonds is 5. The van der Waals surface area contributed by atoms with Gasteiger partial charge >= 0.3 is 12.0 Å². The quantitative estimate of drug-likeness (QED) is 0.703. The molecule has 104 valence electrons. The highest BCUT2D eigenvalue weighted by molar-refractivity contribution is 5.83. The van der Waals surface area contributed by atoms with E-state index >= 15 is 0 Å². The summed E-state index contributed by atoms with van der Waals surface area (Å²) < 4.78 is 0. The van der Waals surface area contributed by atoms with Crippen molar-refractivity contribution >= 4 is 12.0 Å². The molecule has 5 nitrogen and oxygen atoms in total. The van der Waals surface area contributed by atoms with E-state index in [-0.39, 0.29) is 22.9 Å². The Morgan fingerprint density at radius 2 is 1.72 bits per heavy atom. The minimum Gasteiger partial charge on any atom is -0.480 e. The lowest BCUT2D eigenvalue weighted by Crippen LogP contribution is -2.47. The maximum Gasteiger partial charge on any atom is 0.326 e. The molecule has 3 N–H and O–H groups in total. The summed E-state index contributed by atoms with van der Waals surface area (Å²) in [6.45, 7) is 10.3. The van der Waals surface area contributed by atoms with Gasteiger partial charge in [-0.2, -0.15) is 0 Å². The normalized spacial score (nSPS) is 22.1. The van der Waals surface area contributed by atoms with Crippen molar-refractivity contribution in [2.75, 3.05) is 0 Å². The third kappa shape index (κ3) is 2.60. The second kappa shape index (κ2) is 4.78. The number of carboxylic acids is 1. The first-order chi connectivity index (χ1) is 8.14. The molecule has 0 aliphatic heterocycles. The summed E-state index contributed by atoms with van der Waals surface area (Å²) in [5.74, 6) is -0.985. The van der Waals surface area contributed by atoms with Crippen LogP contribution in [0.15, 0.2) is 0 Å². The van der Waals surface area contributed by atoms with Gasteiger partial charge in [-0.1, -0.05) is 41.0 Å². The molecule has 1 aliphatic rings. The maximum atomic E-state index is 11.8. The van der Waals surface area contributed by atoms with E-state index in [0.29, 0.717) is 6.42 Å². The highest BCUT2D eigenvalue weighted by Gasteiger charge is 2.65. The van der Waals surface area contributed by atoms with E-state index in [1.54, 1.807) is 0 Å². The van der Waals surface area contributed by atoms with Crippen LogP contribution in [0.5, 0.6) is 0 Å². The third-order valence-electron chi connectivity index (χ3n) is 4.48. The molecule has 2 amide bonds. The molecule has 1 saturated carbocycles. The van der Waals surface area contributed by atoms with Crippen LogP contribution in [0.25, 0.3) is 0 Å². The minimum atomic E-state index is -0.985. The number of carbonyl (C=O) groups is 2. The Labute approximate surface area is 108 Å². The number of hydrogen-bond donors (Lipinski definition) is 3. The summed E-state index contributed by atoms with van der Waals surface area (Å²) in [7, 11) is 0. The molecule has 1 fully saturated rings. The van der Waals surface area contributed by atoms with Crippen LogP contribution in [-0.2, 0) is 4.79 Å². The fourth-order valence-electron chi connectivity index (χ4n) is 2.43. The van der Waals surface area contributed by atoms with Gasteiger partial charge in [0.2, 0.25) is 0 Å². The predicted molar refractivity (Wildman–Crippen MR) is 69.3 cm³/mol. The van der Waals surface area contributed by atoms with Gasteiger partial charge in [0.1, 0.15) is 6.04 Å². The van der Waals surface area contributed by atoms with Crippen LogP contribution < -0.4 is 10.6 Å². The second-order valence-corrected chi connectivity index (χ2v) is 6.17. The molecule has 1 aliphatic carbocycles. The van der Waals surface area contributed by atoms with Crippen molar-refractivity contribution in [1.82, 2.24) is 10.6 Å². The van der Waals surface area contributed by atoms with Gasteiger partial charge < -0.3 is 15.7 Å². The van der Waals surface area contributed by atoms with Crippen molar-refractivity contribution in [3.05, 3.63) is 0 Å². The van der Waals surface area contributed by atoms with Crippen molar-refractivity contribution in [2.45, 2.75) is 59.5 Å². The van der Waals surface area contributed by atoms with Gasteiger partial charge in [-0.3, -0.25) is 0 Å². The third-order valence-corrected chi connectivity index (χ3v) is 4.48. The molecule has 0 aromatic carbocycles. The molecule has 0 unspecified atom stereocenters. The van der Waals surface area contributed by atoms with Crippen molar-refractivity contribution in [3.8, 4) is 0 Å². The van der Waals surface area contributed by atoms with Gasteiger partial charge in [0.15, 0.2) is 0 Å². The Hall–Kier alpha value is -1.26. The lowest BCUT2D eigenvalue weighted by Gasteiger charge is -2.15. The number of aliphatic carboxylic acids is 1.